The van der Waals surface area contributed by atoms with Crippen LogP contribution in [-0.4, -0.2) is 37.4 Å². The Kier molecular flexibility index (Phi) is 3.52. The maximum absolute atomic E-state index is 11.0. The van der Waals surface area contributed by atoms with Gasteiger partial charge in [-0.2, -0.15) is 5.10 Å². The molecule has 0 amide bonds. The number of aromatic carboxylic acids is 1. The molecule has 0 aliphatic carbocycles. The Bertz CT molecular complexity index is 552. The van der Waals surface area contributed by atoms with E-state index in [2.05, 4.69) is 20.4 Å². The van der Waals surface area contributed by atoms with Crippen molar-refractivity contribution in [3.05, 3.63) is 36.2 Å². The SMILES string of the molecule is Cn1cnc(CCNc2cnccc2C(=O)O)n1. The van der Waals surface area contributed by atoms with Crippen LogP contribution in [0, 0.1) is 0 Å². The highest BCUT2D eigenvalue weighted by Crippen LogP contribution is 2.12. The van der Waals surface area contributed by atoms with Crippen LogP contribution in [0.15, 0.2) is 24.8 Å². The molecule has 2 aromatic heterocycles. The molecule has 7 heteroatoms. The first-order valence-corrected chi connectivity index (χ1v) is 5.42. The summed E-state index contributed by atoms with van der Waals surface area (Å²) in [6, 6.07) is 1.46. The zero-order valence-corrected chi connectivity index (χ0v) is 9.87. The van der Waals surface area contributed by atoms with Crippen LogP contribution in [0.1, 0.15) is 16.2 Å². The second-order valence-electron chi connectivity index (χ2n) is 3.74. The summed E-state index contributed by atoms with van der Waals surface area (Å²) in [5, 5.41) is 16.1. The third kappa shape index (κ3) is 2.82. The maximum atomic E-state index is 11.0. The van der Waals surface area contributed by atoms with E-state index in [0.717, 1.165) is 0 Å². The number of aryl methyl sites for hydroxylation is 1. The molecular weight excluding hydrogens is 234 g/mol. The van der Waals surface area contributed by atoms with Gasteiger partial charge < -0.3 is 10.4 Å². The molecule has 0 aliphatic heterocycles. The van der Waals surface area contributed by atoms with Crippen molar-refractivity contribution in [1.82, 2.24) is 19.7 Å². The lowest BCUT2D eigenvalue weighted by Gasteiger charge is -2.07. The molecule has 0 aromatic carbocycles. The lowest BCUT2D eigenvalue weighted by Crippen LogP contribution is -2.10. The fraction of sp³-hybridized carbons (Fsp3) is 0.273. The fourth-order valence-corrected chi connectivity index (χ4v) is 1.53. The lowest BCUT2D eigenvalue weighted by atomic mass is 10.2. The summed E-state index contributed by atoms with van der Waals surface area (Å²) in [7, 11) is 1.80. The standard InChI is InChI=1S/C11H13N5O2/c1-16-7-14-10(15-16)3-5-13-9-6-12-4-2-8(9)11(17)18/h2,4,6-7,13H,3,5H2,1H3,(H,17,18). The first kappa shape index (κ1) is 12.0. The summed E-state index contributed by atoms with van der Waals surface area (Å²) in [6.45, 7) is 0.552. The van der Waals surface area contributed by atoms with Crippen molar-refractivity contribution in [3.63, 3.8) is 0 Å². The van der Waals surface area contributed by atoms with Gasteiger partial charge in [-0.1, -0.05) is 0 Å². The molecule has 0 spiro atoms. The average molecular weight is 247 g/mol. The van der Waals surface area contributed by atoms with Crippen LogP contribution in [0.2, 0.25) is 0 Å². The van der Waals surface area contributed by atoms with E-state index in [-0.39, 0.29) is 5.56 Å². The lowest BCUT2D eigenvalue weighted by molar-refractivity contribution is 0.0698. The molecule has 7 nitrogen and oxygen atoms in total. The Morgan fingerprint density at radius 3 is 3.06 bits per heavy atom. The molecule has 0 unspecified atom stereocenters. The van der Waals surface area contributed by atoms with Gasteiger partial charge in [0, 0.05) is 26.2 Å². The topological polar surface area (TPSA) is 92.9 Å². The largest absolute Gasteiger partial charge is 0.478 e. The normalized spacial score (nSPS) is 10.3. The minimum absolute atomic E-state index is 0.207. The van der Waals surface area contributed by atoms with Crippen LogP contribution in [-0.2, 0) is 13.5 Å². The fourth-order valence-electron chi connectivity index (χ4n) is 1.53. The van der Waals surface area contributed by atoms with Gasteiger partial charge in [0.1, 0.15) is 6.33 Å². The van der Waals surface area contributed by atoms with E-state index in [0.29, 0.717) is 24.5 Å². The van der Waals surface area contributed by atoms with Crippen LogP contribution in [0.3, 0.4) is 0 Å². The molecule has 0 fully saturated rings. The predicted octanol–water partition coefficient (Wildman–Crippen LogP) is 0.563. The van der Waals surface area contributed by atoms with Gasteiger partial charge in [-0.05, 0) is 6.07 Å². The number of carboxylic acid groups (broad SMARTS) is 1. The van der Waals surface area contributed by atoms with Gasteiger partial charge in [-0.3, -0.25) is 9.67 Å². The number of aromatic nitrogens is 4. The van der Waals surface area contributed by atoms with E-state index in [9.17, 15) is 4.79 Å². The van der Waals surface area contributed by atoms with E-state index in [4.69, 9.17) is 5.11 Å². The Morgan fingerprint density at radius 2 is 2.39 bits per heavy atom. The second-order valence-corrected chi connectivity index (χ2v) is 3.74. The van der Waals surface area contributed by atoms with Gasteiger partial charge in [-0.25, -0.2) is 9.78 Å². The summed E-state index contributed by atoms with van der Waals surface area (Å²) in [5.74, 6) is -0.262. The third-order valence-electron chi connectivity index (χ3n) is 2.36. The molecule has 0 saturated carbocycles. The molecule has 0 atom stereocenters. The number of pyridine rings is 1. The number of rotatable bonds is 5. The first-order chi connectivity index (χ1) is 8.66. The van der Waals surface area contributed by atoms with Crippen molar-refractivity contribution in [2.24, 2.45) is 7.05 Å². The average Bonchev–Trinajstić information content (AvgIpc) is 2.75. The Hall–Kier alpha value is -2.44. The summed E-state index contributed by atoms with van der Waals surface area (Å²) in [5.41, 5.74) is 0.708. The highest BCUT2D eigenvalue weighted by molar-refractivity contribution is 5.93. The van der Waals surface area contributed by atoms with Crippen molar-refractivity contribution in [2.45, 2.75) is 6.42 Å². The number of carboxylic acids is 1. The third-order valence-corrected chi connectivity index (χ3v) is 2.36. The van der Waals surface area contributed by atoms with Crippen LogP contribution < -0.4 is 5.32 Å². The Balaban J connectivity index is 1.96. The monoisotopic (exact) mass is 247 g/mol. The van der Waals surface area contributed by atoms with Gasteiger partial charge >= 0.3 is 5.97 Å². The second kappa shape index (κ2) is 5.26. The Labute approximate surface area is 104 Å². The minimum Gasteiger partial charge on any atom is -0.478 e. The zero-order valence-electron chi connectivity index (χ0n) is 9.87. The van der Waals surface area contributed by atoms with E-state index in [1.54, 1.807) is 18.1 Å². The number of hydrogen-bond acceptors (Lipinski definition) is 5. The van der Waals surface area contributed by atoms with Crippen molar-refractivity contribution < 1.29 is 9.90 Å². The molecule has 0 bridgehead atoms. The highest BCUT2D eigenvalue weighted by Gasteiger charge is 2.09. The van der Waals surface area contributed by atoms with Crippen LogP contribution in [0.5, 0.6) is 0 Å². The molecule has 18 heavy (non-hydrogen) atoms. The van der Waals surface area contributed by atoms with Gasteiger partial charge in [0.05, 0.1) is 17.4 Å². The molecule has 2 N–H and O–H groups in total. The summed E-state index contributed by atoms with van der Waals surface area (Å²) < 4.78 is 1.63. The van der Waals surface area contributed by atoms with Gasteiger partial charge in [0.25, 0.3) is 0 Å². The molecule has 0 saturated heterocycles. The van der Waals surface area contributed by atoms with Crippen molar-refractivity contribution in [3.8, 4) is 0 Å². The summed E-state index contributed by atoms with van der Waals surface area (Å²) in [6.07, 6.45) is 5.20. The van der Waals surface area contributed by atoms with Crippen molar-refractivity contribution >= 4 is 11.7 Å². The molecular formula is C11H13N5O2. The van der Waals surface area contributed by atoms with Crippen molar-refractivity contribution in [2.75, 3.05) is 11.9 Å². The smallest absolute Gasteiger partial charge is 0.337 e. The van der Waals surface area contributed by atoms with Gasteiger partial charge in [0.2, 0.25) is 0 Å². The number of hydrogen-bond donors (Lipinski definition) is 2. The zero-order chi connectivity index (χ0) is 13.0. The van der Waals surface area contributed by atoms with Crippen LogP contribution >= 0.6 is 0 Å². The maximum Gasteiger partial charge on any atom is 0.337 e. The van der Waals surface area contributed by atoms with E-state index < -0.39 is 5.97 Å². The van der Waals surface area contributed by atoms with Gasteiger partial charge in [-0.15, -0.1) is 0 Å². The van der Waals surface area contributed by atoms with E-state index >= 15 is 0 Å². The number of anilines is 1. The molecule has 2 rings (SSSR count). The number of nitrogens with one attached hydrogen (secondary N) is 1. The number of carbonyl (C=O) groups is 1. The van der Waals surface area contributed by atoms with Gasteiger partial charge in [0.15, 0.2) is 5.82 Å². The highest BCUT2D eigenvalue weighted by atomic mass is 16.4. The first-order valence-electron chi connectivity index (χ1n) is 5.42. The predicted molar refractivity (Wildman–Crippen MR) is 64.4 cm³/mol. The molecule has 94 valence electrons. The molecule has 2 heterocycles. The van der Waals surface area contributed by atoms with Crippen molar-refractivity contribution in [1.29, 1.82) is 0 Å². The summed E-state index contributed by atoms with van der Waals surface area (Å²) >= 11 is 0. The van der Waals surface area contributed by atoms with Crippen LogP contribution in [0.25, 0.3) is 0 Å². The van der Waals surface area contributed by atoms with Crippen LogP contribution in [0.4, 0.5) is 5.69 Å². The molecule has 0 aliphatic rings. The minimum atomic E-state index is -0.976. The molecule has 0 radical (unpaired) electrons. The molecule has 2 aromatic rings. The quantitative estimate of drug-likeness (QED) is 0.802. The van der Waals surface area contributed by atoms with E-state index in [1.807, 2.05) is 0 Å². The summed E-state index contributed by atoms with van der Waals surface area (Å²) in [4.78, 5) is 18.9. The number of nitrogens with zero attached hydrogens (tertiary/aromatic N) is 4. The van der Waals surface area contributed by atoms with E-state index in [1.165, 1.54) is 18.5 Å². The Morgan fingerprint density at radius 1 is 1.56 bits per heavy atom.